The van der Waals surface area contributed by atoms with Gasteiger partial charge in [-0.2, -0.15) is 5.26 Å². The van der Waals surface area contributed by atoms with Gasteiger partial charge in [0.2, 0.25) is 0 Å². The summed E-state index contributed by atoms with van der Waals surface area (Å²) in [6, 6.07) is 2.06. The minimum atomic E-state index is -1.01. The van der Waals surface area contributed by atoms with Gasteiger partial charge in [-0.25, -0.2) is 0 Å². The molecule has 22 heavy (non-hydrogen) atoms. The second-order valence-corrected chi connectivity index (χ2v) is 6.86. The Morgan fingerprint density at radius 1 is 1.45 bits per heavy atom. The molecular formula is C17H23NO4. The van der Waals surface area contributed by atoms with Crippen LogP contribution in [0.4, 0.5) is 0 Å². The van der Waals surface area contributed by atoms with Crippen LogP contribution in [0.3, 0.4) is 0 Å². The number of rotatable bonds is 5. The number of ketones is 2. The van der Waals surface area contributed by atoms with Crippen LogP contribution in [0.2, 0.25) is 0 Å². The van der Waals surface area contributed by atoms with Crippen LogP contribution in [0.25, 0.3) is 0 Å². The number of carbonyl (C=O) groups is 3. The summed E-state index contributed by atoms with van der Waals surface area (Å²) in [7, 11) is 0. The van der Waals surface area contributed by atoms with Gasteiger partial charge < -0.3 is 5.11 Å². The van der Waals surface area contributed by atoms with Crippen LogP contribution in [0.5, 0.6) is 0 Å². The fourth-order valence-corrected chi connectivity index (χ4v) is 4.76. The highest BCUT2D eigenvalue weighted by Gasteiger charge is 2.63. The maximum Gasteiger partial charge on any atom is 0.307 e. The Balaban J connectivity index is 2.50. The number of carboxylic acid groups (broad SMARTS) is 1. The van der Waals surface area contributed by atoms with Crippen molar-refractivity contribution >= 4 is 17.5 Å². The average molecular weight is 305 g/mol. The molecule has 1 unspecified atom stereocenters. The van der Waals surface area contributed by atoms with Crippen LogP contribution in [0.1, 0.15) is 52.4 Å². The Morgan fingerprint density at radius 3 is 2.68 bits per heavy atom. The number of fused-ring (bicyclic) bond motifs is 1. The first kappa shape index (κ1) is 16.7. The summed E-state index contributed by atoms with van der Waals surface area (Å²) >= 11 is 0. The van der Waals surface area contributed by atoms with Gasteiger partial charge in [0.15, 0.2) is 0 Å². The summed E-state index contributed by atoms with van der Waals surface area (Å²) < 4.78 is 0. The van der Waals surface area contributed by atoms with Gasteiger partial charge in [0.25, 0.3) is 0 Å². The van der Waals surface area contributed by atoms with Crippen LogP contribution in [0, 0.1) is 40.4 Å². The molecule has 0 aromatic heterocycles. The molecule has 2 aliphatic rings. The zero-order valence-electron chi connectivity index (χ0n) is 13.2. The van der Waals surface area contributed by atoms with Crippen molar-refractivity contribution in [3.8, 4) is 6.07 Å². The van der Waals surface area contributed by atoms with E-state index in [1.165, 1.54) is 0 Å². The van der Waals surface area contributed by atoms with E-state index in [0.717, 1.165) is 6.42 Å². The highest BCUT2D eigenvalue weighted by molar-refractivity contribution is 5.99. The topological polar surface area (TPSA) is 95.2 Å². The normalized spacial score (nSPS) is 35.8. The van der Waals surface area contributed by atoms with Crippen molar-refractivity contribution in [1.82, 2.24) is 0 Å². The SMILES string of the molecule is CCC(C(=O)O)[C@H]1C(=O)C[C@@H]2C[C@@H](C)CC(=O)[C@@]21CCC#N. The molecule has 0 aromatic rings. The fourth-order valence-electron chi connectivity index (χ4n) is 4.76. The Bertz CT molecular complexity index is 535. The van der Waals surface area contributed by atoms with E-state index >= 15 is 0 Å². The first-order chi connectivity index (χ1) is 10.4. The van der Waals surface area contributed by atoms with E-state index in [1.54, 1.807) is 6.92 Å². The van der Waals surface area contributed by atoms with Gasteiger partial charge in [0, 0.05) is 30.6 Å². The smallest absolute Gasteiger partial charge is 0.307 e. The Labute approximate surface area is 130 Å². The first-order valence-corrected chi connectivity index (χ1v) is 8.04. The van der Waals surface area contributed by atoms with E-state index in [9.17, 15) is 19.5 Å². The molecule has 0 spiro atoms. The third-order valence-electron chi connectivity index (χ3n) is 5.63. The molecule has 5 nitrogen and oxygen atoms in total. The van der Waals surface area contributed by atoms with Crippen molar-refractivity contribution in [2.24, 2.45) is 29.1 Å². The second kappa shape index (κ2) is 6.20. The molecular weight excluding hydrogens is 282 g/mol. The molecule has 0 amide bonds. The van der Waals surface area contributed by atoms with Crippen molar-refractivity contribution in [2.45, 2.75) is 52.4 Å². The van der Waals surface area contributed by atoms with Crippen molar-refractivity contribution < 1.29 is 19.5 Å². The molecule has 2 fully saturated rings. The van der Waals surface area contributed by atoms with E-state index < -0.39 is 23.2 Å². The maximum atomic E-state index is 12.9. The monoisotopic (exact) mass is 305 g/mol. The molecule has 1 N–H and O–H groups in total. The standard InChI is InChI=1S/C17H23NO4/c1-3-12(16(21)22)15-13(19)9-11-7-10(2)8-14(20)17(11,15)5-4-6-18/h10-12,15H,3-5,7-9H2,1-2H3,(H,21,22)/t10-,11+,12?,15+,17-/m1/s1. The van der Waals surface area contributed by atoms with Gasteiger partial charge in [0.1, 0.15) is 11.6 Å². The molecule has 0 aromatic carbocycles. The molecule has 0 aliphatic heterocycles. The highest BCUT2D eigenvalue weighted by Crippen LogP contribution is 2.58. The van der Waals surface area contributed by atoms with Crippen molar-refractivity contribution in [3.05, 3.63) is 0 Å². The maximum absolute atomic E-state index is 12.9. The van der Waals surface area contributed by atoms with Gasteiger partial charge in [-0.3, -0.25) is 14.4 Å². The predicted octanol–water partition coefficient (Wildman–Crippen LogP) is 2.59. The largest absolute Gasteiger partial charge is 0.481 e. The lowest BCUT2D eigenvalue weighted by Crippen LogP contribution is -2.49. The predicted molar refractivity (Wildman–Crippen MR) is 78.7 cm³/mol. The number of carboxylic acids is 1. The Kier molecular flexibility index (Phi) is 4.69. The Hall–Kier alpha value is -1.70. The van der Waals surface area contributed by atoms with Crippen molar-refractivity contribution in [2.75, 3.05) is 0 Å². The quantitative estimate of drug-likeness (QED) is 0.842. The van der Waals surface area contributed by atoms with Crippen LogP contribution < -0.4 is 0 Å². The number of nitriles is 1. The average Bonchev–Trinajstić information content (AvgIpc) is 2.71. The summed E-state index contributed by atoms with van der Waals surface area (Å²) in [4.78, 5) is 37.0. The van der Waals surface area contributed by atoms with E-state index in [-0.39, 0.29) is 36.2 Å². The third kappa shape index (κ3) is 2.45. The minimum Gasteiger partial charge on any atom is -0.481 e. The van der Waals surface area contributed by atoms with Gasteiger partial charge in [-0.15, -0.1) is 0 Å². The Morgan fingerprint density at radius 2 is 2.14 bits per heavy atom. The van der Waals surface area contributed by atoms with Crippen molar-refractivity contribution in [1.29, 1.82) is 5.26 Å². The van der Waals surface area contributed by atoms with Gasteiger partial charge in [0.05, 0.1) is 12.0 Å². The summed E-state index contributed by atoms with van der Waals surface area (Å²) in [5.41, 5.74) is -0.918. The lowest BCUT2D eigenvalue weighted by Gasteiger charge is -2.44. The van der Waals surface area contributed by atoms with Gasteiger partial charge in [-0.1, -0.05) is 13.8 Å². The summed E-state index contributed by atoms with van der Waals surface area (Å²) in [5.74, 6) is -2.56. The van der Waals surface area contributed by atoms with E-state index in [1.807, 2.05) is 6.92 Å². The van der Waals surface area contributed by atoms with Gasteiger partial charge in [-0.05, 0) is 31.1 Å². The molecule has 120 valence electrons. The number of hydrogen-bond donors (Lipinski definition) is 1. The first-order valence-electron chi connectivity index (χ1n) is 8.04. The molecule has 0 bridgehead atoms. The number of Topliss-reactive ketones (excluding diaryl/α,β-unsaturated/α-hetero) is 2. The lowest BCUT2D eigenvalue weighted by atomic mass is 9.56. The van der Waals surface area contributed by atoms with E-state index in [0.29, 0.717) is 19.3 Å². The van der Waals surface area contributed by atoms with Gasteiger partial charge >= 0.3 is 5.97 Å². The molecule has 2 rings (SSSR count). The molecule has 2 saturated carbocycles. The number of nitrogens with zero attached hydrogens (tertiary/aromatic N) is 1. The van der Waals surface area contributed by atoms with Crippen LogP contribution >= 0.6 is 0 Å². The number of aliphatic carboxylic acids is 1. The molecule has 0 radical (unpaired) electrons. The van der Waals surface area contributed by atoms with E-state index in [4.69, 9.17) is 5.26 Å². The van der Waals surface area contributed by atoms with Crippen LogP contribution in [-0.4, -0.2) is 22.6 Å². The zero-order valence-corrected chi connectivity index (χ0v) is 13.2. The molecule has 0 heterocycles. The summed E-state index contributed by atoms with van der Waals surface area (Å²) in [5, 5.41) is 18.4. The highest BCUT2D eigenvalue weighted by atomic mass is 16.4. The number of hydrogen-bond acceptors (Lipinski definition) is 4. The zero-order chi connectivity index (χ0) is 16.5. The third-order valence-corrected chi connectivity index (χ3v) is 5.63. The van der Waals surface area contributed by atoms with Crippen molar-refractivity contribution in [3.63, 3.8) is 0 Å². The second-order valence-electron chi connectivity index (χ2n) is 6.86. The fraction of sp³-hybridized carbons (Fsp3) is 0.765. The van der Waals surface area contributed by atoms with Crippen LogP contribution in [-0.2, 0) is 14.4 Å². The summed E-state index contributed by atoms with van der Waals surface area (Å²) in [6.45, 7) is 3.74. The molecule has 5 atom stereocenters. The van der Waals surface area contributed by atoms with Crippen LogP contribution in [0.15, 0.2) is 0 Å². The molecule has 2 aliphatic carbocycles. The molecule has 0 saturated heterocycles. The minimum absolute atomic E-state index is 0.00190. The van der Waals surface area contributed by atoms with E-state index in [2.05, 4.69) is 6.07 Å². The molecule has 5 heteroatoms. The lowest BCUT2D eigenvalue weighted by molar-refractivity contribution is -0.154. The summed E-state index contributed by atoms with van der Waals surface area (Å²) in [6.07, 6.45) is 2.29. The number of carbonyl (C=O) groups excluding carboxylic acids is 2.